The fraction of sp³-hybridized carbons (Fsp3) is 0.571. The molecule has 2 nitrogen and oxygen atoms in total. The summed E-state index contributed by atoms with van der Waals surface area (Å²) >= 11 is 3.54. The van der Waals surface area contributed by atoms with E-state index >= 15 is 0 Å². The summed E-state index contributed by atoms with van der Waals surface area (Å²) in [5, 5.41) is 10.2. The minimum atomic E-state index is -0.602. The van der Waals surface area contributed by atoms with E-state index in [1.54, 1.807) is 0 Å². The van der Waals surface area contributed by atoms with Crippen LogP contribution in [0, 0.1) is 13.8 Å². The molecule has 2 rings (SSSR count). The van der Waals surface area contributed by atoms with Gasteiger partial charge in [-0.3, -0.25) is 0 Å². The van der Waals surface area contributed by atoms with E-state index in [4.69, 9.17) is 4.74 Å². The molecule has 1 aromatic carbocycles. The average molecular weight is 299 g/mol. The molecule has 1 N–H and O–H groups in total. The normalized spacial score (nSPS) is 18.4. The highest BCUT2D eigenvalue weighted by molar-refractivity contribution is 9.10. The molecular weight excluding hydrogens is 280 g/mol. The molecule has 94 valence electrons. The van der Waals surface area contributed by atoms with Gasteiger partial charge in [0.25, 0.3) is 0 Å². The third-order valence-electron chi connectivity index (χ3n) is 3.45. The smallest absolute Gasteiger partial charge is 0.120 e. The number of benzene rings is 1. The van der Waals surface area contributed by atoms with Gasteiger partial charge < -0.3 is 9.84 Å². The van der Waals surface area contributed by atoms with E-state index in [1.807, 2.05) is 26.0 Å². The summed E-state index contributed by atoms with van der Waals surface area (Å²) in [6.45, 7) is 4.51. The van der Waals surface area contributed by atoms with Crippen LogP contribution in [-0.2, 0) is 0 Å². The van der Waals surface area contributed by atoms with Crippen LogP contribution in [0.25, 0.3) is 0 Å². The van der Waals surface area contributed by atoms with Crippen LogP contribution >= 0.6 is 15.9 Å². The fourth-order valence-corrected chi connectivity index (χ4v) is 2.61. The molecule has 3 heteroatoms. The van der Waals surface area contributed by atoms with E-state index in [0.717, 1.165) is 35.9 Å². The fourth-order valence-electron chi connectivity index (χ4n) is 2.38. The molecule has 0 saturated heterocycles. The first kappa shape index (κ1) is 12.9. The van der Waals surface area contributed by atoms with Crippen molar-refractivity contribution in [2.75, 3.05) is 6.61 Å². The summed E-state index contributed by atoms with van der Waals surface area (Å²) in [4.78, 5) is 0. The van der Waals surface area contributed by atoms with Gasteiger partial charge in [-0.2, -0.15) is 0 Å². The number of hydrogen-bond donors (Lipinski definition) is 1. The second-order valence-corrected chi connectivity index (χ2v) is 5.88. The first-order valence-corrected chi connectivity index (χ1v) is 6.91. The highest BCUT2D eigenvalue weighted by Crippen LogP contribution is 2.31. The Balaban J connectivity index is 2.04. The predicted octanol–water partition coefficient (Wildman–Crippen LogP) is 3.75. The Labute approximate surface area is 111 Å². The van der Waals surface area contributed by atoms with E-state index in [2.05, 4.69) is 15.9 Å². The zero-order valence-corrected chi connectivity index (χ0v) is 12.0. The quantitative estimate of drug-likeness (QED) is 0.921. The van der Waals surface area contributed by atoms with Crippen LogP contribution in [0.2, 0.25) is 0 Å². The number of aliphatic hydroxyl groups is 1. The molecule has 1 aromatic rings. The van der Waals surface area contributed by atoms with Gasteiger partial charge in [0.05, 0.1) is 5.60 Å². The highest BCUT2D eigenvalue weighted by Gasteiger charge is 2.31. The van der Waals surface area contributed by atoms with Gasteiger partial charge in [-0.15, -0.1) is 0 Å². The Bertz CT molecular complexity index is 386. The molecule has 0 radical (unpaired) electrons. The average Bonchev–Trinajstić information content (AvgIpc) is 2.71. The molecule has 0 amide bonds. The first-order chi connectivity index (χ1) is 8.00. The minimum Gasteiger partial charge on any atom is -0.491 e. The van der Waals surface area contributed by atoms with Crippen molar-refractivity contribution in [2.45, 2.75) is 45.1 Å². The molecular formula is C14H19BrO2. The van der Waals surface area contributed by atoms with E-state index in [-0.39, 0.29) is 0 Å². The maximum atomic E-state index is 10.2. The molecule has 1 fully saturated rings. The molecule has 0 atom stereocenters. The zero-order chi connectivity index (χ0) is 12.5. The Kier molecular flexibility index (Phi) is 3.79. The lowest BCUT2D eigenvalue weighted by atomic mass is 10.0. The number of ether oxygens (including phenoxy) is 1. The van der Waals surface area contributed by atoms with Crippen molar-refractivity contribution in [1.29, 1.82) is 0 Å². The molecule has 1 aliphatic rings. The third-order valence-corrected chi connectivity index (χ3v) is 4.70. The molecule has 0 aliphatic heterocycles. The van der Waals surface area contributed by atoms with Crippen molar-refractivity contribution < 1.29 is 9.84 Å². The van der Waals surface area contributed by atoms with E-state index in [1.165, 1.54) is 11.1 Å². The van der Waals surface area contributed by atoms with Crippen molar-refractivity contribution in [3.63, 3.8) is 0 Å². The van der Waals surface area contributed by atoms with Crippen molar-refractivity contribution in [2.24, 2.45) is 0 Å². The lowest BCUT2D eigenvalue weighted by molar-refractivity contribution is 0.00137. The van der Waals surface area contributed by atoms with Crippen LogP contribution in [0.5, 0.6) is 5.75 Å². The highest BCUT2D eigenvalue weighted by atomic mass is 79.9. The van der Waals surface area contributed by atoms with Crippen LogP contribution in [-0.4, -0.2) is 17.3 Å². The Hall–Kier alpha value is -0.540. The van der Waals surface area contributed by atoms with Crippen molar-refractivity contribution >= 4 is 15.9 Å². The second kappa shape index (κ2) is 4.99. The monoisotopic (exact) mass is 298 g/mol. The third kappa shape index (κ3) is 3.02. The number of rotatable bonds is 3. The van der Waals surface area contributed by atoms with Crippen LogP contribution in [0.15, 0.2) is 16.6 Å². The SMILES string of the molecule is Cc1cc(OCC2(O)CCCC2)cc(C)c1Br. The van der Waals surface area contributed by atoms with E-state index in [0.29, 0.717) is 6.61 Å². The van der Waals surface area contributed by atoms with Gasteiger partial charge in [-0.05, 0) is 49.9 Å². The van der Waals surface area contributed by atoms with Crippen molar-refractivity contribution in [3.05, 3.63) is 27.7 Å². The largest absolute Gasteiger partial charge is 0.491 e. The number of aryl methyl sites for hydroxylation is 2. The van der Waals surface area contributed by atoms with E-state index < -0.39 is 5.60 Å². The van der Waals surface area contributed by atoms with Gasteiger partial charge in [0.15, 0.2) is 0 Å². The number of halogens is 1. The molecule has 1 saturated carbocycles. The predicted molar refractivity (Wildman–Crippen MR) is 72.5 cm³/mol. The van der Waals surface area contributed by atoms with Crippen molar-refractivity contribution in [3.8, 4) is 5.75 Å². The summed E-state index contributed by atoms with van der Waals surface area (Å²) in [6.07, 6.45) is 3.94. The van der Waals surface area contributed by atoms with Gasteiger partial charge in [-0.1, -0.05) is 28.8 Å². The molecule has 0 heterocycles. The second-order valence-electron chi connectivity index (χ2n) is 5.09. The van der Waals surface area contributed by atoms with Gasteiger partial charge in [0, 0.05) is 4.47 Å². The molecule has 0 spiro atoms. The Morgan fingerprint density at radius 1 is 1.24 bits per heavy atom. The van der Waals surface area contributed by atoms with Gasteiger partial charge in [-0.25, -0.2) is 0 Å². The standard InChI is InChI=1S/C14H19BrO2/c1-10-7-12(8-11(2)13(10)15)17-9-14(16)5-3-4-6-14/h7-8,16H,3-6,9H2,1-2H3. The summed E-state index contributed by atoms with van der Waals surface area (Å²) in [6, 6.07) is 4.02. The lowest BCUT2D eigenvalue weighted by Crippen LogP contribution is -2.32. The summed E-state index contributed by atoms with van der Waals surface area (Å²) < 4.78 is 6.87. The molecule has 1 aliphatic carbocycles. The number of hydrogen-bond acceptors (Lipinski definition) is 2. The van der Waals surface area contributed by atoms with Gasteiger partial charge in [0.2, 0.25) is 0 Å². The van der Waals surface area contributed by atoms with E-state index in [9.17, 15) is 5.11 Å². The van der Waals surface area contributed by atoms with Crippen LogP contribution < -0.4 is 4.74 Å². The molecule has 0 bridgehead atoms. The van der Waals surface area contributed by atoms with Gasteiger partial charge in [0.1, 0.15) is 12.4 Å². The first-order valence-electron chi connectivity index (χ1n) is 6.12. The lowest BCUT2D eigenvalue weighted by Gasteiger charge is -2.22. The van der Waals surface area contributed by atoms with Crippen LogP contribution in [0.1, 0.15) is 36.8 Å². The Morgan fingerprint density at radius 2 is 1.76 bits per heavy atom. The maximum absolute atomic E-state index is 10.2. The minimum absolute atomic E-state index is 0.410. The maximum Gasteiger partial charge on any atom is 0.120 e. The molecule has 17 heavy (non-hydrogen) atoms. The molecule has 0 unspecified atom stereocenters. The topological polar surface area (TPSA) is 29.5 Å². The summed E-state index contributed by atoms with van der Waals surface area (Å²) in [5.74, 6) is 0.850. The van der Waals surface area contributed by atoms with Gasteiger partial charge >= 0.3 is 0 Å². The summed E-state index contributed by atoms with van der Waals surface area (Å²) in [5.41, 5.74) is 1.73. The zero-order valence-electron chi connectivity index (χ0n) is 10.4. The Morgan fingerprint density at radius 3 is 2.29 bits per heavy atom. The van der Waals surface area contributed by atoms with Crippen LogP contribution in [0.3, 0.4) is 0 Å². The van der Waals surface area contributed by atoms with Crippen LogP contribution in [0.4, 0.5) is 0 Å². The molecule has 0 aromatic heterocycles. The summed E-state index contributed by atoms with van der Waals surface area (Å²) in [7, 11) is 0. The van der Waals surface area contributed by atoms with Crippen molar-refractivity contribution in [1.82, 2.24) is 0 Å².